The molecule has 1 saturated heterocycles. The molecule has 1 spiro atoms. The Bertz CT molecular complexity index is 1730. The highest BCUT2D eigenvalue weighted by Crippen LogP contribution is 2.49. The molecule has 0 radical (unpaired) electrons. The fraction of sp³-hybridized carbons (Fsp3) is 0.634. The number of nitrogens with zero attached hydrogens (tertiary/aromatic N) is 3. The third kappa shape index (κ3) is 8.76. The Morgan fingerprint density at radius 3 is 2.64 bits per heavy atom. The summed E-state index contributed by atoms with van der Waals surface area (Å²) < 4.78 is 46.9. The average molecular weight is 771 g/mol. The standard InChI is InChI=1S/C41H59ClN4O6S/c1-6-7-18-41(51-5,28-45-21-19-44(3)20-22-45)36-13-10-33(36)26-46-27-40(17-8-9-31-24-34(42)12-14-35(31)40)29-52-38-15-11-32(25-37(38)46)39(47)43-53(48,49)30(2)16-23-50-4/h7,11-12,14-15,18,24-25,30,33,36H,6,8-10,13,16-17,19-23,26-29H2,1-5H3,(H,43,47)/b18-7+/t30-,33-,36+,40-,41+/m0/s1. The lowest BCUT2D eigenvalue weighted by molar-refractivity contribution is -0.0949. The minimum atomic E-state index is -3.91. The van der Waals surface area contributed by atoms with E-state index < -0.39 is 26.8 Å². The third-order valence-electron chi connectivity index (χ3n) is 12.4. The first kappa shape index (κ1) is 40.0. The number of halogens is 1. The molecule has 0 unspecified atom stereocenters. The van der Waals surface area contributed by atoms with Gasteiger partial charge in [0.05, 0.1) is 17.5 Å². The number of nitrogens with one attached hydrogen (secondary N) is 1. The number of likely N-dealkylation sites (N-methyl/N-ethyl adjacent to an activating group) is 1. The van der Waals surface area contributed by atoms with Crippen LogP contribution in [0.5, 0.6) is 5.75 Å². The summed E-state index contributed by atoms with van der Waals surface area (Å²) in [6.45, 7) is 11.0. The maximum atomic E-state index is 13.6. The Hall–Kier alpha value is -2.67. The van der Waals surface area contributed by atoms with E-state index >= 15 is 0 Å². The summed E-state index contributed by atoms with van der Waals surface area (Å²) in [7, 11) is 1.68. The molecule has 6 rings (SSSR count). The largest absolute Gasteiger partial charge is 0.490 e. The highest BCUT2D eigenvalue weighted by Gasteiger charge is 2.49. The van der Waals surface area contributed by atoms with Crippen molar-refractivity contribution in [2.45, 2.75) is 75.1 Å². The molecule has 292 valence electrons. The van der Waals surface area contributed by atoms with Crippen LogP contribution in [0, 0.1) is 11.8 Å². The van der Waals surface area contributed by atoms with E-state index in [1.807, 2.05) is 25.3 Å². The SMILES string of the molecule is CC/C=C/[C@](CN1CCN(C)CC1)(OC)[C@@H]1CC[C@H]1CN1C[C@@]2(CCCc3cc(Cl)ccc32)COc2ccc(C(=O)NS(=O)(=O)[C@@H](C)CCOC)cc21. The summed E-state index contributed by atoms with van der Waals surface area (Å²) in [5, 5.41) is -0.0395. The van der Waals surface area contributed by atoms with Crippen molar-refractivity contribution in [1.29, 1.82) is 0 Å². The number of anilines is 1. The van der Waals surface area contributed by atoms with E-state index in [9.17, 15) is 13.2 Å². The van der Waals surface area contributed by atoms with Gasteiger partial charge in [0.25, 0.3) is 5.91 Å². The molecule has 2 aromatic rings. The van der Waals surface area contributed by atoms with Gasteiger partial charge in [-0.3, -0.25) is 9.69 Å². The summed E-state index contributed by atoms with van der Waals surface area (Å²) in [6.07, 6.45) is 10.9. The predicted molar refractivity (Wildman–Crippen MR) is 212 cm³/mol. The molecule has 2 aromatic carbocycles. The van der Waals surface area contributed by atoms with Crippen LogP contribution in [0.15, 0.2) is 48.6 Å². The minimum Gasteiger partial charge on any atom is -0.490 e. The van der Waals surface area contributed by atoms with Gasteiger partial charge in [-0.2, -0.15) is 0 Å². The first-order valence-corrected chi connectivity index (χ1v) is 21.3. The van der Waals surface area contributed by atoms with Crippen LogP contribution in [0.25, 0.3) is 0 Å². The summed E-state index contributed by atoms with van der Waals surface area (Å²) >= 11 is 6.50. The summed E-state index contributed by atoms with van der Waals surface area (Å²) in [6, 6.07) is 11.6. The number of rotatable bonds is 14. The zero-order chi connectivity index (χ0) is 37.8. The van der Waals surface area contributed by atoms with E-state index in [4.69, 9.17) is 25.8 Å². The van der Waals surface area contributed by atoms with Gasteiger partial charge in [-0.25, -0.2) is 13.1 Å². The predicted octanol–water partition coefficient (Wildman–Crippen LogP) is 5.92. The third-order valence-corrected chi connectivity index (χ3v) is 14.4. The fourth-order valence-corrected chi connectivity index (χ4v) is 10.1. The van der Waals surface area contributed by atoms with E-state index in [1.54, 1.807) is 13.0 Å². The molecule has 0 aromatic heterocycles. The first-order chi connectivity index (χ1) is 25.4. The van der Waals surface area contributed by atoms with Crippen molar-refractivity contribution in [1.82, 2.24) is 14.5 Å². The molecule has 10 nitrogen and oxygen atoms in total. The number of hydrogen-bond donors (Lipinski definition) is 1. The molecule has 2 aliphatic heterocycles. The number of allylic oxidation sites excluding steroid dienone is 1. The number of ether oxygens (including phenoxy) is 3. The van der Waals surface area contributed by atoms with Gasteiger partial charge in [0, 0.05) is 82.6 Å². The molecule has 1 saturated carbocycles. The summed E-state index contributed by atoms with van der Waals surface area (Å²) in [4.78, 5) is 21.0. The monoisotopic (exact) mass is 770 g/mol. The molecule has 2 heterocycles. The van der Waals surface area contributed by atoms with E-state index in [-0.39, 0.29) is 24.0 Å². The maximum absolute atomic E-state index is 13.6. The van der Waals surface area contributed by atoms with Crippen molar-refractivity contribution >= 4 is 33.2 Å². The van der Waals surface area contributed by atoms with Crippen molar-refractivity contribution in [2.24, 2.45) is 11.8 Å². The summed E-state index contributed by atoms with van der Waals surface area (Å²) in [5.41, 5.74) is 2.95. The Labute approximate surface area is 322 Å². The van der Waals surface area contributed by atoms with Crippen LogP contribution in [0.1, 0.15) is 73.9 Å². The summed E-state index contributed by atoms with van der Waals surface area (Å²) in [5.74, 6) is 0.694. The zero-order valence-corrected chi connectivity index (χ0v) is 33.8. The van der Waals surface area contributed by atoms with Gasteiger partial charge < -0.3 is 24.0 Å². The zero-order valence-electron chi connectivity index (χ0n) is 32.2. The van der Waals surface area contributed by atoms with Gasteiger partial charge in [-0.1, -0.05) is 36.7 Å². The maximum Gasteiger partial charge on any atom is 0.264 e. The molecule has 53 heavy (non-hydrogen) atoms. The number of fused-ring (bicyclic) bond motifs is 3. The Balaban J connectivity index is 1.34. The lowest BCUT2D eigenvalue weighted by atomic mass is 9.63. The first-order valence-electron chi connectivity index (χ1n) is 19.4. The molecule has 1 amide bonds. The molecule has 4 aliphatic rings. The lowest BCUT2D eigenvalue weighted by Gasteiger charge is -2.52. The number of amides is 1. The highest BCUT2D eigenvalue weighted by molar-refractivity contribution is 7.90. The Morgan fingerprint density at radius 2 is 1.94 bits per heavy atom. The Kier molecular flexibility index (Phi) is 12.8. The number of benzene rings is 2. The van der Waals surface area contributed by atoms with Crippen LogP contribution in [0.2, 0.25) is 5.02 Å². The van der Waals surface area contributed by atoms with Crippen LogP contribution in [-0.2, 0) is 31.3 Å². The van der Waals surface area contributed by atoms with Gasteiger partial charge >= 0.3 is 0 Å². The van der Waals surface area contributed by atoms with Crippen molar-refractivity contribution in [2.75, 3.05) is 85.2 Å². The molecule has 12 heteroatoms. The molecule has 5 atom stereocenters. The number of methoxy groups -OCH3 is 2. The van der Waals surface area contributed by atoms with Crippen molar-refractivity contribution in [3.05, 3.63) is 70.3 Å². The smallest absolute Gasteiger partial charge is 0.264 e. The van der Waals surface area contributed by atoms with Crippen molar-refractivity contribution < 1.29 is 27.4 Å². The minimum absolute atomic E-state index is 0.279. The Morgan fingerprint density at radius 1 is 1.15 bits per heavy atom. The number of piperazine rings is 1. The molecular formula is C41H59ClN4O6S. The van der Waals surface area contributed by atoms with Crippen LogP contribution >= 0.6 is 11.6 Å². The molecule has 2 fully saturated rings. The lowest BCUT2D eigenvalue weighted by Crippen LogP contribution is -2.58. The topological polar surface area (TPSA) is 101 Å². The normalized spacial score (nSPS) is 25.5. The van der Waals surface area contributed by atoms with Crippen molar-refractivity contribution in [3.63, 3.8) is 0 Å². The molecule has 0 bridgehead atoms. The van der Waals surface area contributed by atoms with Gasteiger partial charge in [0.1, 0.15) is 11.4 Å². The van der Waals surface area contributed by atoms with Crippen LogP contribution in [0.4, 0.5) is 5.69 Å². The second-order valence-electron chi connectivity index (χ2n) is 15.8. The second kappa shape index (κ2) is 17.0. The highest BCUT2D eigenvalue weighted by atomic mass is 35.5. The molecule has 2 aliphatic carbocycles. The molecular weight excluding hydrogens is 712 g/mol. The number of sulfonamides is 1. The van der Waals surface area contributed by atoms with E-state index in [0.717, 1.165) is 88.5 Å². The number of hydrogen-bond acceptors (Lipinski definition) is 9. The van der Waals surface area contributed by atoms with E-state index in [1.165, 1.54) is 18.2 Å². The van der Waals surface area contributed by atoms with Crippen LogP contribution in [0.3, 0.4) is 0 Å². The molecule has 1 N–H and O–H groups in total. The fourth-order valence-electron chi connectivity index (χ4n) is 8.95. The van der Waals surface area contributed by atoms with Crippen LogP contribution in [-0.4, -0.2) is 115 Å². The van der Waals surface area contributed by atoms with E-state index in [0.29, 0.717) is 30.7 Å². The number of carbonyl (C=O) groups is 1. The van der Waals surface area contributed by atoms with Crippen LogP contribution < -0.4 is 14.4 Å². The van der Waals surface area contributed by atoms with Gasteiger partial charge in [-0.15, -0.1) is 0 Å². The number of carbonyl (C=O) groups excluding carboxylic acids is 1. The van der Waals surface area contributed by atoms with Gasteiger partial charge in [0.15, 0.2) is 0 Å². The van der Waals surface area contributed by atoms with Gasteiger partial charge in [0.2, 0.25) is 10.0 Å². The van der Waals surface area contributed by atoms with Crippen molar-refractivity contribution in [3.8, 4) is 5.75 Å². The second-order valence-corrected chi connectivity index (χ2v) is 18.4. The quantitative estimate of drug-likeness (QED) is 0.235. The average Bonchev–Trinajstić information content (AvgIpc) is 3.28. The van der Waals surface area contributed by atoms with E-state index in [2.05, 4.69) is 57.7 Å². The number of aryl methyl sites for hydroxylation is 1. The van der Waals surface area contributed by atoms with Gasteiger partial charge in [-0.05, 0) is 112 Å².